The number of hydrogen-bond acceptors (Lipinski definition) is 9. The number of ether oxygens (including phenoxy) is 1. The summed E-state index contributed by atoms with van der Waals surface area (Å²) in [7, 11) is 0. The predicted molar refractivity (Wildman–Crippen MR) is 167 cm³/mol. The number of hydrazine groups is 1. The molecule has 3 aliphatic carbocycles. The number of rotatable bonds is 12. The molecule has 9 nitrogen and oxygen atoms in total. The van der Waals surface area contributed by atoms with E-state index >= 15 is 0 Å². The van der Waals surface area contributed by atoms with E-state index < -0.39 is 0 Å². The van der Waals surface area contributed by atoms with E-state index in [1.54, 1.807) is 0 Å². The molecule has 3 N–H and O–H groups in total. The number of anilines is 3. The van der Waals surface area contributed by atoms with Crippen molar-refractivity contribution < 1.29 is 9.53 Å². The van der Waals surface area contributed by atoms with E-state index in [-0.39, 0.29) is 17.7 Å². The minimum atomic E-state index is -0.182. The molecule has 4 fully saturated rings. The number of carbonyl (C=O) groups excluding carboxylic acids is 1. The molecule has 2 aliphatic heterocycles. The maximum atomic E-state index is 13.5. The molecule has 2 spiro atoms. The van der Waals surface area contributed by atoms with E-state index in [9.17, 15) is 4.79 Å². The molecule has 10 heteroatoms. The number of nitrogens with zero attached hydrogens (tertiary/aromatic N) is 4. The van der Waals surface area contributed by atoms with Crippen LogP contribution in [0.1, 0.15) is 82.5 Å². The van der Waals surface area contributed by atoms with E-state index in [1.165, 1.54) is 44.1 Å². The molecule has 1 unspecified atom stereocenters. The van der Waals surface area contributed by atoms with Crippen molar-refractivity contribution in [3.8, 4) is 0 Å². The van der Waals surface area contributed by atoms with Crippen molar-refractivity contribution in [1.82, 2.24) is 20.1 Å². The van der Waals surface area contributed by atoms with Crippen LogP contribution in [0.5, 0.6) is 0 Å². The van der Waals surface area contributed by atoms with Gasteiger partial charge in [-0.2, -0.15) is 5.43 Å². The Labute approximate surface area is 253 Å². The van der Waals surface area contributed by atoms with Crippen molar-refractivity contribution in [3.63, 3.8) is 0 Å². The van der Waals surface area contributed by atoms with Crippen molar-refractivity contribution >= 4 is 35.3 Å². The van der Waals surface area contributed by atoms with Crippen LogP contribution in [0.25, 0.3) is 0 Å². The molecule has 1 saturated heterocycles. The second-order valence-electron chi connectivity index (χ2n) is 13.2. The molecule has 2 aromatic rings. The Morgan fingerprint density at radius 3 is 2.64 bits per heavy atom. The second-order valence-corrected chi connectivity index (χ2v) is 14.0. The number of nitrogens with one attached hydrogen (secondary N) is 3. The fourth-order valence-corrected chi connectivity index (χ4v) is 8.32. The molecule has 1 atom stereocenters. The summed E-state index contributed by atoms with van der Waals surface area (Å²) in [6.45, 7) is 9.07. The summed E-state index contributed by atoms with van der Waals surface area (Å²) in [6.07, 6.45) is 14.0. The third-order valence-corrected chi connectivity index (χ3v) is 11.0. The molecule has 224 valence electrons. The highest BCUT2D eigenvalue weighted by Gasteiger charge is 2.85. The highest BCUT2D eigenvalue weighted by Crippen LogP contribution is 2.93. The summed E-state index contributed by atoms with van der Waals surface area (Å²) in [6, 6.07) is 9.57. The SMILES string of the molecule is CCCNc1cccc(SNC(=O)c2ccc(N3C=CC(OCCC4C5(CC5)C45CC5)N3)nc2N2CCCC2(C)C)n1. The molecule has 7 rings (SSSR count). The third kappa shape index (κ3) is 5.05. The minimum Gasteiger partial charge on any atom is -0.370 e. The van der Waals surface area contributed by atoms with E-state index in [2.05, 4.69) is 46.1 Å². The first-order valence-corrected chi connectivity index (χ1v) is 16.5. The van der Waals surface area contributed by atoms with Crippen LogP contribution in [-0.4, -0.2) is 47.3 Å². The average Bonchev–Trinajstić information content (AvgIpc) is 3.94. The van der Waals surface area contributed by atoms with Gasteiger partial charge >= 0.3 is 0 Å². The number of fused-ring (bicyclic) bond motifs is 1. The fourth-order valence-electron chi connectivity index (χ4n) is 7.72. The zero-order valence-electron chi connectivity index (χ0n) is 25.0. The lowest BCUT2D eigenvalue weighted by Crippen LogP contribution is -2.41. The molecule has 4 heterocycles. The molecule has 0 aromatic carbocycles. The zero-order valence-corrected chi connectivity index (χ0v) is 25.8. The van der Waals surface area contributed by atoms with Crippen molar-refractivity contribution in [2.24, 2.45) is 16.7 Å². The highest BCUT2D eigenvalue weighted by molar-refractivity contribution is 7.97. The number of amides is 1. The van der Waals surface area contributed by atoms with Gasteiger partial charge in [0.2, 0.25) is 0 Å². The lowest BCUT2D eigenvalue weighted by molar-refractivity contribution is 0.0624. The van der Waals surface area contributed by atoms with Crippen molar-refractivity contribution in [2.45, 2.75) is 88.9 Å². The van der Waals surface area contributed by atoms with Gasteiger partial charge < -0.3 is 15.0 Å². The Morgan fingerprint density at radius 1 is 1.12 bits per heavy atom. The monoisotopic (exact) mass is 589 g/mol. The van der Waals surface area contributed by atoms with E-state index in [1.807, 2.05) is 47.6 Å². The lowest BCUT2D eigenvalue weighted by Gasteiger charge is -2.34. The van der Waals surface area contributed by atoms with Crippen LogP contribution >= 0.6 is 11.9 Å². The van der Waals surface area contributed by atoms with Crippen LogP contribution in [0.2, 0.25) is 0 Å². The normalized spacial score (nSPS) is 24.0. The Kier molecular flexibility index (Phi) is 7.14. The standard InChI is InChI=1S/C32H43N7O2S/c1-4-18-33-24-7-5-8-27(34-24)42-37-29(40)22-9-10-25(35-28(22)38-19-6-13-30(38,2)3)39-20-11-26(36-39)41-21-12-23-31(14-15-31)32(23)16-17-32/h5,7-11,20,23,26,36H,4,6,12-19,21H2,1-3H3,(H,33,34)(H,37,40). The Balaban J connectivity index is 1.01. The fraction of sp³-hybridized carbons (Fsp3) is 0.594. The van der Waals surface area contributed by atoms with Crippen molar-refractivity contribution in [3.05, 3.63) is 48.2 Å². The summed E-state index contributed by atoms with van der Waals surface area (Å²) in [5.74, 6) is 2.97. The van der Waals surface area contributed by atoms with E-state index in [4.69, 9.17) is 9.72 Å². The van der Waals surface area contributed by atoms with Gasteiger partial charge in [0, 0.05) is 43.4 Å². The number of carbonyl (C=O) groups is 1. The van der Waals surface area contributed by atoms with Crippen LogP contribution in [0, 0.1) is 16.7 Å². The Hall–Kier alpha value is -2.82. The van der Waals surface area contributed by atoms with E-state index in [0.717, 1.165) is 72.4 Å². The first kappa shape index (κ1) is 28.0. The third-order valence-electron chi connectivity index (χ3n) is 10.2. The molecule has 42 heavy (non-hydrogen) atoms. The highest BCUT2D eigenvalue weighted by atomic mass is 32.2. The molecular formula is C32H43N7O2S. The minimum absolute atomic E-state index is 0.0881. The summed E-state index contributed by atoms with van der Waals surface area (Å²) in [4.78, 5) is 25.4. The van der Waals surface area contributed by atoms with Crippen LogP contribution in [0.3, 0.4) is 0 Å². The smallest absolute Gasteiger partial charge is 0.265 e. The quantitative estimate of drug-likeness (QED) is 0.263. The Bertz CT molecular complexity index is 1350. The number of hydrogen-bond donors (Lipinski definition) is 3. The maximum Gasteiger partial charge on any atom is 0.265 e. The largest absolute Gasteiger partial charge is 0.370 e. The zero-order chi connectivity index (χ0) is 29.0. The average molecular weight is 590 g/mol. The summed E-state index contributed by atoms with van der Waals surface area (Å²) in [5.41, 5.74) is 5.35. The van der Waals surface area contributed by atoms with Gasteiger partial charge in [0.15, 0.2) is 0 Å². The second kappa shape index (κ2) is 10.7. The predicted octanol–water partition coefficient (Wildman–Crippen LogP) is 5.88. The number of pyridine rings is 2. The molecule has 0 radical (unpaired) electrons. The van der Waals surface area contributed by atoms with Gasteiger partial charge in [-0.1, -0.05) is 13.0 Å². The van der Waals surface area contributed by atoms with Crippen molar-refractivity contribution in [2.75, 3.05) is 34.9 Å². The Morgan fingerprint density at radius 2 is 1.93 bits per heavy atom. The summed E-state index contributed by atoms with van der Waals surface area (Å²) in [5, 5.41) is 5.94. The molecular weight excluding hydrogens is 546 g/mol. The van der Waals surface area contributed by atoms with Crippen LogP contribution in [0.15, 0.2) is 47.6 Å². The molecule has 1 amide bonds. The van der Waals surface area contributed by atoms with Crippen molar-refractivity contribution in [1.29, 1.82) is 0 Å². The van der Waals surface area contributed by atoms with Crippen LogP contribution in [0.4, 0.5) is 17.5 Å². The van der Waals surface area contributed by atoms with Gasteiger partial charge in [-0.3, -0.25) is 14.5 Å². The maximum absolute atomic E-state index is 13.5. The number of aromatic nitrogens is 2. The first-order valence-electron chi connectivity index (χ1n) is 15.7. The van der Waals surface area contributed by atoms with Gasteiger partial charge in [0.1, 0.15) is 28.7 Å². The molecule has 3 saturated carbocycles. The molecule has 2 aromatic heterocycles. The van der Waals surface area contributed by atoms with Gasteiger partial charge in [-0.15, -0.1) is 0 Å². The van der Waals surface area contributed by atoms with Gasteiger partial charge in [-0.25, -0.2) is 9.97 Å². The van der Waals surface area contributed by atoms with Crippen LogP contribution < -0.4 is 25.4 Å². The molecule has 0 bridgehead atoms. The van der Waals surface area contributed by atoms with Gasteiger partial charge in [0.25, 0.3) is 5.91 Å². The van der Waals surface area contributed by atoms with E-state index in [0.29, 0.717) is 11.4 Å². The summed E-state index contributed by atoms with van der Waals surface area (Å²) < 4.78 is 9.22. The van der Waals surface area contributed by atoms with Gasteiger partial charge in [0.05, 0.1) is 5.56 Å². The summed E-state index contributed by atoms with van der Waals surface area (Å²) >= 11 is 1.23. The first-order chi connectivity index (χ1) is 20.4. The van der Waals surface area contributed by atoms with Gasteiger partial charge in [-0.05, 0) is 112 Å². The van der Waals surface area contributed by atoms with Crippen LogP contribution in [-0.2, 0) is 4.74 Å². The lowest BCUT2D eigenvalue weighted by atomic mass is 10.0. The topological polar surface area (TPSA) is 94.6 Å². The molecule has 5 aliphatic rings.